The molecule has 2 aliphatic heterocycles. The average molecular weight is 318 g/mol. The molecule has 0 aromatic carbocycles. The van der Waals surface area contributed by atoms with Crippen LogP contribution in [0.3, 0.4) is 0 Å². The second-order valence-electron chi connectivity index (χ2n) is 7.15. The largest absolute Gasteiger partial charge is 0.454 e. The molecular formula is C15H26O7. The molecule has 7 heteroatoms. The molecule has 2 aliphatic rings. The number of aliphatic hydroxyl groups excluding tert-OH is 1. The number of methoxy groups -OCH3 is 1. The van der Waals surface area contributed by atoms with Crippen molar-refractivity contribution in [2.24, 2.45) is 5.41 Å². The minimum atomic E-state index is -0.846. The third-order valence-corrected chi connectivity index (χ3v) is 3.70. The monoisotopic (exact) mass is 318 g/mol. The van der Waals surface area contributed by atoms with E-state index in [0.29, 0.717) is 0 Å². The SMILES string of the molecule is CO[C@@H]1O[C@H](CO)[C@@H]2OC(C)(C)O[C@@H]2[C@H]1OC(=O)C(C)(C)C. The van der Waals surface area contributed by atoms with E-state index in [1.807, 2.05) is 0 Å². The van der Waals surface area contributed by atoms with Crippen molar-refractivity contribution in [3.63, 3.8) is 0 Å². The van der Waals surface area contributed by atoms with Gasteiger partial charge in [-0.15, -0.1) is 0 Å². The van der Waals surface area contributed by atoms with Gasteiger partial charge in [0.2, 0.25) is 0 Å². The number of carbonyl (C=O) groups is 1. The van der Waals surface area contributed by atoms with E-state index in [2.05, 4.69) is 0 Å². The lowest BCUT2D eigenvalue weighted by atomic mass is 9.95. The number of hydrogen-bond acceptors (Lipinski definition) is 7. The first-order valence-electron chi connectivity index (χ1n) is 7.45. The zero-order valence-corrected chi connectivity index (χ0v) is 14.0. The molecule has 0 aromatic rings. The molecule has 0 spiro atoms. The van der Waals surface area contributed by atoms with Crippen molar-refractivity contribution >= 4 is 5.97 Å². The Balaban J connectivity index is 2.24. The summed E-state index contributed by atoms with van der Waals surface area (Å²) in [6.07, 6.45) is -3.25. The lowest BCUT2D eigenvalue weighted by Crippen LogP contribution is -2.59. The number of hydrogen-bond donors (Lipinski definition) is 1. The van der Waals surface area contributed by atoms with Crippen LogP contribution >= 0.6 is 0 Å². The van der Waals surface area contributed by atoms with Gasteiger partial charge in [0, 0.05) is 7.11 Å². The van der Waals surface area contributed by atoms with E-state index in [1.54, 1.807) is 34.6 Å². The maximum Gasteiger partial charge on any atom is 0.311 e. The van der Waals surface area contributed by atoms with Crippen molar-refractivity contribution in [3.05, 3.63) is 0 Å². The summed E-state index contributed by atoms with van der Waals surface area (Å²) in [5, 5.41) is 9.50. The molecule has 128 valence electrons. The van der Waals surface area contributed by atoms with Crippen molar-refractivity contribution in [2.45, 2.75) is 71.1 Å². The Morgan fingerprint density at radius 3 is 2.32 bits per heavy atom. The Morgan fingerprint density at radius 1 is 1.23 bits per heavy atom. The highest BCUT2D eigenvalue weighted by Gasteiger charge is 2.57. The quantitative estimate of drug-likeness (QED) is 0.772. The molecule has 0 aromatic heterocycles. The van der Waals surface area contributed by atoms with Gasteiger partial charge in [-0.25, -0.2) is 0 Å². The second-order valence-corrected chi connectivity index (χ2v) is 7.15. The lowest BCUT2D eigenvalue weighted by Gasteiger charge is -2.41. The molecule has 22 heavy (non-hydrogen) atoms. The van der Waals surface area contributed by atoms with Gasteiger partial charge in [0.05, 0.1) is 12.0 Å². The summed E-state index contributed by atoms with van der Waals surface area (Å²) in [5.74, 6) is -1.22. The van der Waals surface area contributed by atoms with Crippen LogP contribution in [-0.2, 0) is 28.5 Å². The molecule has 2 saturated heterocycles. The van der Waals surface area contributed by atoms with Gasteiger partial charge in [0.25, 0.3) is 0 Å². The highest BCUT2D eigenvalue weighted by molar-refractivity contribution is 5.75. The van der Waals surface area contributed by atoms with Crippen LogP contribution in [0, 0.1) is 5.41 Å². The van der Waals surface area contributed by atoms with Crippen LogP contribution in [0.4, 0.5) is 0 Å². The summed E-state index contributed by atoms with van der Waals surface area (Å²) < 4.78 is 28.2. The van der Waals surface area contributed by atoms with Gasteiger partial charge in [-0.1, -0.05) is 0 Å². The summed E-state index contributed by atoms with van der Waals surface area (Å²) in [6.45, 7) is 8.61. The number of carbonyl (C=O) groups excluding carboxylic acids is 1. The van der Waals surface area contributed by atoms with Crippen LogP contribution in [-0.4, -0.2) is 61.3 Å². The molecule has 2 fully saturated rings. The fourth-order valence-electron chi connectivity index (χ4n) is 2.60. The number of esters is 1. The standard InChI is InChI=1S/C15H26O7/c1-14(2,3)13(17)20-11-10-9(21-15(4,5)22-10)8(7-16)19-12(11)18-6/h8-12,16H,7H2,1-6H3/t8-,9+,10+,11-,12-/m1/s1. The van der Waals surface area contributed by atoms with Crippen LogP contribution in [0.5, 0.6) is 0 Å². The van der Waals surface area contributed by atoms with E-state index in [0.717, 1.165) is 0 Å². The Labute approximate surface area is 130 Å². The Morgan fingerprint density at radius 2 is 1.82 bits per heavy atom. The van der Waals surface area contributed by atoms with Crippen molar-refractivity contribution in [1.29, 1.82) is 0 Å². The third kappa shape index (κ3) is 3.44. The summed E-state index contributed by atoms with van der Waals surface area (Å²) in [5.41, 5.74) is -0.656. The van der Waals surface area contributed by atoms with E-state index in [9.17, 15) is 9.90 Å². The zero-order chi connectivity index (χ0) is 16.7. The van der Waals surface area contributed by atoms with Crippen LogP contribution in [0.15, 0.2) is 0 Å². The minimum absolute atomic E-state index is 0.236. The fourth-order valence-corrected chi connectivity index (χ4v) is 2.60. The van der Waals surface area contributed by atoms with E-state index in [4.69, 9.17) is 23.7 Å². The predicted octanol–water partition coefficient (Wildman–Crippen LogP) is 0.828. The minimum Gasteiger partial charge on any atom is -0.454 e. The van der Waals surface area contributed by atoms with Crippen LogP contribution < -0.4 is 0 Å². The highest BCUT2D eigenvalue weighted by Crippen LogP contribution is 2.39. The number of ether oxygens (including phenoxy) is 5. The molecule has 0 amide bonds. The van der Waals surface area contributed by atoms with Crippen LogP contribution in [0.2, 0.25) is 0 Å². The fraction of sp³-hybridized carbons (Fsp3) is 0.933. The van der Waals surface area contributed by atoms with E-state index < -0.39 is 41.9 Å². The second kappa shape index (κ2) is 6.05. The summed E-state index contributed by atoms with van der Waals surface area (Å²) in [4.78, 5) is 12.2. The molecule has 2 rings (SSSR count). The van der Waals surface area contributed by atoms with Gasteiger partial charge in [-0.05, 0) is 34.6 Å². The molecule has 5 atom stereocenters. The maximum atomic E-state index is 12.2. The number of aliphatic hydroxyl groups is 1. The summed E-state index contributed by atoms with van der Waals surface area (Å²) in [7, 11) is 1.46. The highest BCUT2D eigenvalue weighted by atomic mass is 16.8. The van der Waals surface area contributed by atoms with Gasteiger partial charge in [0.1, 0.15) is 18.3 Å². The molecule has 0 radical (unpaired) electrons. The average Bonchev–Trinajstić information content (AvgIpc) is 2.73. The summed E-state index contributed by atoms with van der Waals surface area (Å²) in [6, 6.07) is 0. The van der Waals surface area contributed by atoms with Crippen LogP contribution in [0.25, 0.3) is 0 Å². The lowest BCUT2D eigenvalue weighted by molar-refractivity contribution is -0.281. The molecule has 7 nitrogen and oxygen atoms in total. The van der Waals surface area contributed by atoms with Crippen LogP contribution in [0.1, 0.15) is 34.6 Å². The third-order valence-electron chi connectivity index (χ3n) is 3.70. The van der Waals surface area contributed by atoms with Gasteiger partial charge >= 0.3 is 5.97 Å². The molecule has 0 unspecified atom stereocenters. The first kappa shape index (κ1) is 17.6. The van der Waals surface area contributed by atoms with Crippen molar-refractivity contribution in [3.8, 4) is 0 Å². The molecule has 0 aliphatic carbocycles. The molecule has 0 bridgehead atoms. The van der Waals surface area contributed by atoms with Gasteiger partial charge in [-0.2, -0.15) is 0 Å². The smallest absolute Gasteiger partial charge is 0.311 e. The topological polar surface area (TPSA) is 83.5 Å². The van der Waals surface area contributed by atoms with E-state index >= 15 is 0 Å². The Hall–Kier alpha value is -0.730. The van der Waals surface area contributed by atoms with Crippen molar-refractivity contribution in [1.82, 2.24) is 0 Å². The maximum absolute atomic E-state index is 12.2. The van der Waals surface area contributed by atoms with E-state index in [1.165, 1.54) is 7.11 Å². The first-order chi connectivity index (χ1) is 10.1. The normalized spacial score (nSPS) is 37.7. The van der Waals surface area contributed by atoms with Crippen molar-refractivity contribution < 1.29 is 33.6 Å². The van der Waals surface area contributed by atoms with Crippen molar-refractivity contribution in [2.75, 3.05) is 13.7 Å². The number of rotatable bonds is 3. The van der Waals surface area contributed by atoms with E-state index in [-0.39, 0.29) is 12.6 Å². The van der Waals surface area contributed by atoms with Gasteiger partial charge in [-0.3, -0.25) is 4.79 Å². The molecular weight excluding hydrogens is 292 g/mol. The first-order valence-corrected chi connectivity index (χ1v) is 7.45. The number of fused-ring (bicyclic) bond motifs is 1. The Kier molecular flexibility index (Phi) is 4.85. The molecule has 2 heterocycles. The van der Waals surface area contributed by atoms with Gasteiger partial charge < -0.3 is 28.8 Å². The summed E-state index contributed by atoms with van der Waals surface area (Å²) >= 11 is 0. The van der Waals surface area contributed by atoms with Gasteiger partial charge in [0.15, 0.2) is 18.2 Å². The Bertz CT molecular complexity index is 415. The predicted molar refractivity (Wildman–Crippen MR) is 75.9 cm³/mol. The molecule has 0 saturated carbocycles. The molecule has 1 N–H and O–H groups in total. The zero-order valence-electron chi connectivity index (χ0n) is 14.0.